The van der Waals surface area contributed by atoms with Crippen LogP contribution in [0.1, 0.15) is 37.7 Å². The van der Waals surface area contributed by atoms with Crippen molar-refractivity contribution in [2.24, 2.45) is 11.3 Å². The fourth-order valence-electron chi connectivity index (χ4n) is 6.79. The Hall–Kier alpha value is -4.06. The van der Waals surface area contributed by atoms with Crippen molar-refractivity contribution in [3.63, 3.8) is 0 Å². The molecule has 1 spiro atoms. The van der Waals surface area contributed by atoms with Crippen LogP contribution in [-0.4, -0.2) is 79.6 Å². The molecule has 0 bridgehead atoms. The number of benzene rings is 2. The summed E-state index contributed by atoms with van der Waals surface area (Å²) in [5.74, 6) is 0.553. The van der Waals surface area contributed by atoms with Crippen molar-refractivity contribution in [1.82, 2.24) is 20.5 Å². The summed E-state index contributed by atoms with van der Waals surface area (Å²) >= 11 is 1.40. The number of thiazole rings is 1. The maximum absolute atomic E-state index is 13.8. The molecule has 11 heteroatoms. The molecule has 3 aliphatic rings. The molecule has 3 atom stereocenters. The predicted octanol–water partition coefficient (Wildman–Crippen LogP) is 4.44. The molecule has 3 aromatic rings. The Morgan fingerprint density at radius 1 is 1.09 bits per heavy atom. The molecule has 3 amide bonds. The molecular formula is C36H43N5O5S. The van der Waals surface area contributed by atoms with Gasteiger partial charge < -0.3 is 25.4 Å². The van der Waals surface area contributed by atoms with E-state index in [-0.39, 0.29) is 36.2 Å². The van der Waals surface area contributed by atoms with E-state index in [2.05, 4.69) is 38.0 Å². The molecule has 2 aromatic carbocycles. The van der Waals surface area contributed by atoms with Gasteiger partial charge in [0.2, 0.25) is 17.7 Å². The molecule has 47 heavy (non-hydrogen) atoms. The van der Waals surface area contributed by atoms with Gasteiger partial charge in [-0.2, -0.15) is 0 Å². The summed E-state index contributed by atoms with van der Waals surface area (Å²) in [6.07, 6.45) is 8.02. The van der Waals surface area contributed by atoms with E-state index in [4.69, 9.17) is 9.47 Å². The molecule has 2 saturated heterocycles. The third-order valence-electron chi connectivity index (χ3n) is 9.60. The van der Waals surface area contributed by atoms with Crippen LogP contribution >= 0.6 is 11.3 Å². The van der Waals surface area contributed by atoms with Crippen LogP contribution in [-0.2, 0) is 25.5 Å². The van der Waals surface area contributed by atoms with Crippen LogP contribution < -0.4 is 20.7 Å². The number of likely N-dealkylation sites (tertiary alicyclic amines) is 1. The lowest BCUT2D eigenvalue weighted by atomic mass is 9.75. The number of anilines is 1. The number of carbonyl (C=O) groups is 3. The maximum atomic E-state index is 13.8. The van der Waals surface area contributed by atoms with Gasteiger partial charge in [-0.3, -0.25) is 19.3 Å². The number of rotatable bonds is 7. The third-order valence-corrected chi connectivity index (χ3v) is 10.4. The summed E-state index contributed by atoms with van der Waals surface area (Å²) in [5.41, 5.74) is 2.15. The second kappa shape index (κ2) is 15.2. The first kappa shape index (κ1) is 32.9. The van der Waals surface area contributed by atoms with Gasteiger partial charge in [-0.05, 0) is 67.9 Å². The van der Waals surface area contributed by atoms with E-state index in [1.165, 1.54) is 11.3 Å². The van der Waals surface area contributed by atoms with E-state index in [0.717, 1.165) is 29.0 Å². The number of aromatic nitrogens is 1. The van der Waals surface area contributed by atoms with Crippen LogP contribution in [0, 0.1) is 11.3 Å². The van der Waals surface area contributed by atoms with Gasteiger partial charge in [-0.15, -0.1) is 11.3 Å². The number of hydrogen-bond donors (Lipinski definition) is 3. The van der Waals surface area contributed by atoms with Crippen molar-refractivity contribution in [3.8, 4) is 17.0 Å². The van der Waals surface area contributed by atoms with Gasteiger partial charge in [0.05, 0.1) is 24.8 Å². The minimum Gasteiger partial charge on any atom is -0.497 e. The van der Waals surface area contributed by atoms with Crippen molar-refractivity contribution < 1.29 is 23.9 Å². The van der Waals surface area contributed by atoms with E-state index in [0.29, 0.717) is 63.5 Å². The molecule has 0 radical (unpaired) electrons. The molecule has 3 aliphatic heterocycles. The highest BCUT2D eigenvalue weighted by atomic mass is 32.1. The zero-order valence-electron chi connectivity index (χ0n) is 26.8. The highest BCUT2D eigenvalue weighted by Gasteiger charge is 2.41. The quantitative estimate of drug-likeness (QED) is 0.322. The lowest BCUT2D eigenvalue weighted by Gasteiger charge is -2.40. The van der Waals surface area contributed by atoms with Crippen molar-refractivity contribution in [2.45, 2.75) is 50.6 Å². The molecule has 0 aliphatic carbocycles. The second-order valence-electron chi connectivity index (χ2n) is 12.7. The zero-order chi connectivity index (χ0) is 32.6. The van der Waals surface area contributed by atoms with E-state index >= 15 is 0 Å². The highest BCUT2D eigenvalue weighted by molar-refractivity contribution is 7.14. The first-order valence-corrected chi connectivity index (χ1v) is 17.3. The van der Waals surface area contributed by atoms with Crippen LogP contribution in [0.3, 0.4) is 0 Å². The SMILES string of the molecule is COc1ccc(-c2csc(NC(=O)CN3CC[C@@H]4NC(=O)[C@H](Cc5ccccc5)NC(=O)C5(C/C=C/C[C@@H]4C3)CCOCC5)n2)cc1. The van der Waals surface area contributed by atoms with Crippen LogP contribution in [0.2, 0.25) is 0 Å². The smallest absolute Gasteiger partial charge is 0.243 e. The average molecular weight is 658 g/mol. The van der Waals surface area contributed by atoms with Crippen molar-refractivity contribution >= 4 is 34.2 Å². The predicted molar refractivity (Wildman–Crippen MR) is 182 cm³/mol. The first-order valence-electron chi connectivity index (χ1n) is 16.4. The Bertz CT molecular complexity index is 1550. The summed E-state index contributed by atoms with van der Waals surface area (Å²) in [5, 5.41) is 11.9. The van der Waals surface area contributed by atoms with Crippen LogP contribution in [0.5, 0.6) is 5.75 Å². The molecule has 248 valence electrons. The zero-order valence-corrected chi connectivity index (χ0v) is 27.6. The Morgan fingerprint density at radius 2 is 1.87 bits per heavy atom. The minimum atomic E-state index is -0.682. The number of allylic oxidation sites excluding steroid dienone is 2. The van der Waals surface area contributed by atoms with Gasteiger partial charge in [-0.1, -0.05) is 42.5 Å². The lowest BCUT2D eigenvalue weighted by molar-refractivity contribution is -0.140. The van der Waals surface area contributed by atoms with E-state index < -0.39 is 11.5 Å². The van der Waals surface area contributed by atoms with Gasteiger partial charge in [0.25, 0.3) is 0 Å². The molecule has 0 unspecified atom stereocenters. The maximum Gasteiger partial charge on any atom is 0.243 e. The van der Waals surface area contributed by atoms with Gasteiger partial charge in [0.1, 0.15) is 11.8 Å². The Labute approximate surface area is 279 Å². The second-order valence-corrected chi connectivity index (χ2v) is 13.6. The van der Waals surface area contributed by atoms with Crippen LogP contribution in [0.4, 0.5) is 5.13 Å². The summed E-state index contributed by atoms with van der Waals surface area (Å²) in [7, 11) is 1.63. The molecule has 6 rings (SSSR count). The molecule has 0 saturated carbocycles. The van der Waals surface area contributed by atoms with Gasteiger partial charge in [0.15, 0.2) is 5.13 Å². The average Bonchev–Trinajstić information content (AvgIpc) is 3.56. The van der Waals surface area contributed by atoms with E-state index in [1.54, 1.807) is 7.11 Å². The molecule has 2 fully saturated rings. The molecule has 3 N–H and O–H groups in total. The molecular weight excluding hydrogens is 614 g/mol. The number of piperidine rings is 1. The lowest BCUT2D eigenvalue weighted by Crippen LogP contribution is -2.58. The Balaban J connectivity index is 1.12. The number of hydrogen-bond acceptors (Lipinski definition) is 8. The van der Waals surface area contributed by atoms with Crippen molar-refractivity contribution in [1.29, 1.82) is 0 Å². The van der Waals surface area contributed by atoms with Gasteiger partial charge >= 0.3 is 0 Å². The number of nitrogens with one attached hydrogen (secondary N) is 3. The Morgan fingerprint density at radius 3 is 2.64 bits per heavy atom. The molecule has 4 heterocycles. The van der Waals surface area contributed by atoms with Crippen LogP contribution in [0.25, 0.3) is 11.3 Å². The third kappa shape index (κ3) is 8.27. The summed E-state index contributed by atoms with van der Waals surface area (Å²) < 4.78 is 10.9. The largest absolute Gasteiger partial charge is 0.497 e. The van der Waals surface area contributed by atoms with E-state index in [1.807, 2.05) is 60.0 Å². The fourth-order valence-corrected chi connectivity index (χ4v) is 7.52. The monoisotopic (exact) mass is 657 g/mol. The van der Waals surface area contributed by atoms with Crippen molar-refractivity contribution in [2.75, 3.05) is 45.3 Å². The molecule has 1 aromatic heterocycles. The summed E-state index contributed by atoms with van der Waals surface area (Å²) in [6.45, 7) is 2.65. The number of nitrogens with zero attached hydrogens (tertiary/aromatic N) is 2. The Kier molecular flexibility index (Phi) is 10.6. The highest BCUT2D eigenvalue weighted by Crippen LogP contribution is 2.36. The van der Waals surface area contributed by atoms with Gasteiger partial charge in [0, 0.05) is 49.7 Å². The standard InChI is InChI=1S/C36H43N5O5S/c1-45-28-12-10-26(11-13-28)31-24-47-35(39-31)40-32(42)23-41-18-14-29-27(22-41)9-5-6-15-36(16-19-46-20-17-36)34(44)38-30(33(43)37-29)21-25-7-3-2-4-8-25/h2-8,10-13,24,27,29-30H,9,14-23H2,1H3,(H,37,43)(H,38,44)(H,39,40,42)/b6-5+/t27-,29+,30+/m1/s1. The summed E-state index contributed by atoms with van der Waals surface area (Å²) in [6, 6.07) is 16.7. The topological polar surface area (TPSA) is 122 Å². The number of ether oxygens (including phenoxy) is 2. The number of fused-ring (bicyclic) bond motifs is 1. The number of amides is 3. The van der Waals surface area contributed by atoms with Gasteiger partial charge in [-0.25, -0.2) is 4.98 Å². The molecule has 10 nitrogen and oxygen atoms in total. The van der Waals surface area contributed by atoms with Crippen molar-refractivity contribution in [3.05, 3.63) is 77.7 Å². The summed E-state index contributed by atoms with van der Waals surface area (Å²) in [4.78, 5) is 47.5. The minimum absolute atomic E-state index is 0.0656. The normalized spacial score (nSPS) is 24.1. The van der Waals surface area contributed by atoms with Crippen LogP contribution in [0.15, 0.2) is 72.1 Å². The fraction of sp³-hybridized carbons (Fsp3) is 0.444. The van der Waals surface area contributed by atoms with E-state index in [9.17, 15) is 14.4 Å². The first-order chi connectivity index (χ1) is 22.9. The number of carbonyl (C=O) groups excluding carboxylic acids is 3. The number of methoxy groups -OCH3 is 1.